The van der Waals surface area contributed by atoms with E-state index in [0.29, 0.717) is 6.54 Å². The zero-order valence-electron chi connectivity index (χ0n) is 11.9. The van der Waals surface area contributed by atoms with Crippen molar-refractivity contribution in [3.63, 3.8) is 0 Å². The molecule has 0 aliphatic carbocycles. The van der Waals surface area contributed by atoms with Crippen molar-refractivity contribution in [3.8, 4) is 0 Å². The molecule has 0 aromatic carbocycles. The number of aldehydes is 1. The summed E-state index contributed by atoms with van der Waals surface area (Å²) in [6.45, 7) is 10.6. The lowest BCUT2D eigenvalue weighted by Gasteiger charge is -2.22. The largest absolute Gasteiger partial charge is 0.332 e. The van der Waals surface area contributed by atoms with Crippen molar-refractivity contribution in [1.82, 2.24) is 4.90 Å². The second-order valence-corrected chi connectivity index (χ2v) is 3.87. The maximum absolute atomic E-state index is 11.4. The molecule has 1 aliphatic rings. The third kappa shape index (κ3) is 7.10. The van der Waals surface area contributed by atoms with Gasteiger partial charge in [0.05, 0.1) is 12.1 Å². The fourth-order valence-corrected chi connectivity index (χ4v) is 1.47. The average molecular weight is 246 g/mol. The summed E-state index contributed by atoms with van der Waals surface area (Å²) in [7, 11) is 0. The summed E-state index contributed by atoms with van der Waals surface area (Å²) in [5.41, 5.74) is 5.43. The Morgan fingerprint density at radius 3 is 2.35 bits per heavy atom. The van der Waals surface area contributed by atoms with E-state index in [9.17, 15) is 9.59 Å². The number of nitrogens with two attached hydrogens (primary N) is 1. The van der Waals surface area contributed by atoms with Crippen molar-refractivity contribution in [3.05, 3.63) is 0 Å². The van der Waals surface area contributed by atoms with Crippen LogP contribution in [0.5, 0.6) is 0 Å². The molecule has 17 heavy (non-hydrogen) atoms. The molecule has 1 saturated heterocycles. The molecule has 2 atom stereocenters. The van der Waals surface area contributed by atoms with Crippen LogP contribution in [0.1, 0.15) is 55.3 Å². The zero-order valence-corrected chi connectivity index (χ0v) is 11.9. The standard InChI is InChI=1S/C8H14N2O2.C3H8.C2H6.H2/c1-6(9)8(12)10-4-2-3-7(10)5-11;1-3-2;1-2;/h5-7H,2-4,9H2,1H3;3H2,1-2H3;1-2H3;1H. The number of carbonyl (C=O) groups is 2. The summed E-state index contributed by atoms with van der Waals surface area (Å²) in [6.07, 6.45) is 3.76. The fraction of sp³-hybridized carbons (Fsp3) is 0.846. The molecule has 0 aromatic heterocycles. The van der Waals surface area contributed by atoms with Crippen LogP contribution < -0.4 is 5.73 Å². The normalized spacial score (nSPS) is 19.4. The van der Waals surface area contributed by atoms with Crippen LogP contribution in [0.3, 0.4) is 0 Å². The minimum absolute atomic E-state index is 0. The zero-order chi connectivity index (χ0) is 13.8. The van der Waals surface area contributed by atoms with E-state index in [-0.39, 0.29) is 13.4 Å². The van der Waals surface area contributed by atoms with E-state index in [2.05, 4.69) is 13.8 Å². The van der Waals surface area contributed by atoms with Crippen molar-refractivity contribution in [2.24, 2.45) is 5.73 Å². The predicted octanol–water partition coefficient (Wildman–Crippen LogP) is 2.21. The Balaban J connectivity index is -0.000000329. The first-order chi connectivity index (χ1) is 8.08. The molecule has 1 amide bonds. The average Bonchev–Trinajstić information content (AvgIpc) is 2.79. The number of likely N-dealkylation sites (tertiary alicyclic amines) is 1. The van der Waals surface area contributed by atoms with Crippen LogP contribution in [-0.4, -0.2) is 35.7 Å². The van der Waals surface area contributed by atoms with E-state index in [1.807, 2.05) is 13.8 Å². The van der Waals surface area contributed by atoms with E-state index >= 15 is 0 Å². The quantitative estimate of drug-likeness (QED) is 0.760. The van der Waals surface area contributed by atoms with E-state index in [1.54, 1.807) is 11.8 Å². The molecular weight excluding hydrogens is 216 g/mol. The Morgan fingerprint density at radius 2 is 2.00 bits per heavy atom. The van der Waals surface area contributed by atoms with Gasteiger partial charge in [0.25, 0.3) is 0 Å². The molecule has 4 heteroatoms. The Labute approximate surface area is 107 Å². The summed E-state index contributed by atoms with van der Waals surface area (Å²) in [5, 5.41) is 0. The van der Waals surface area contributed by atoms with E-state index in [4.69, 9.17) is 5.73 Å². The highest BCUT2D eigenvalue weighted by Crippen LogP contribution is 2.15. The van der Waals surface area contributed by atoms with Crippen molar-refractivity contribution in [2.45, 2.75) is 66.0 Å². The minimum Gasteiger partial charge on any atom is -0.332 e. The van der Waals surface area contributed by atoms with Gasteiger partial charge in [0, 0.05) is 7.97 Å². The van der Waals surface area contributed by atoms with Crippen LogP contribution in [-0.2, 0) is 9.59 Å². The van der Waals surface area contributed by atoms with Gasteiger partial charge in [-0.1, -0.05) is 34.1 Å². The molecule has 1 heterocycles. The van der Waals surface area contributed by atoms with Crippen LogP contribution in [0.4, 0.5) is 0 Å². The monoisotopic (exact) mass is 246 g/mol. The first kappa shape index (κ1) is 18.5. The van der Waals surface area contributed by atoms with Crippen LogP contribution in [0, 0.1) is 0 Å². The lowest BCUT2D eigenvalue weighted by atomic mass is 10.2. The van der Waals surface area contributed by atoms with Gasteiger partial charge in [-0.25, -0.2) is 0 Å². The van der Waals surface area contributed by atoms with Gasteiger partial charge < -0.3 is 15.4 Å². The number of amides is 1. The lowest BCUT2D eigenvalue weighted by Crippen LogP contribution is -2.45. The lowest BCUT2D eigenvalue weighted by molar-refractivity contribution is -0.135. The molecule has 0 bridgehead atoms. The van der Waals surface area contributed by atoms with Crippen molar-refractivity contribution < 1.29 is 11.0 Å². The first-order valence-corrected chi connectivity index (χ1v) is 6.59. The van der Waals surface area contributed by atoms with Crippen molar-refractivity contribution in [2.75, 3.05) is 6.54 Å². The molecule has 0 saturated carbocycles. The van der Waals surface area contributed by atoms with Crippen LogP contribution in [0.25, 0.3) is 0 Å². The Hall–Kier alpha value is -0.900. The highest BCUT2D eigenvalue weighted by atomic mass is 16.2. The molecule has 104 valence electrons. The molecule has 1 aliphatic heterocycles. The van der Waals surface area contributed by atoms with Crippen LogP contribution in [0.2, 0.25) is 0 Å². The SMILES string of the molecule is CC.CC(N)C(=O)N1CCCC1C=O.CCC.[HH]. The van der Waals surface area contributed by atoms with Crippen LogP contribution >= 0.6 is 0 Å². The summed E-state index contributed by atoms with van der Waals surface area (Å²) < 4.78 is 0. The highest BCUT2D eigenvalue weighted by molar-refractivity contribution is 5.84. The summed E-state index contributed by atoms with van der Waals surface area (Å²) in [5.74, 6) is -0.121. The number of rotatable bonds is 2. The maximum Gasteiger partial charge on any atom is 0.239 e. The molecule has 2 unspecified atom stereocenters. The molecule has 0 radical (unpaired) electrons. The van der Waals surface area contributed by atoms with Gasteiger partial charge in [0.15, 0.2) is 0 Å². The van der Waals surface area contributed by atoms with Gasteiger partial charge in [-0.3, -0.25) is 4.79 Å². The number of carbonyl (C=O) groups excluding carboxylic acids is 2. The number of hydrogen-bond donors (Lipinski definition) is 1. The van der Waals surface area contributed by atoms with E-state index in [1.165, 1.54) is 6.42 Å². The third-order valence-corrected chi connectivity index (χ3v) is 2.13. The summed E-state index contributed by atoms with van der Waals surface area (Å²) in [4.78, 5) is 23.4. The second kappa shape index (κ2) is 11.6. The molecule has 4 nitrogen and oxygen atoms in total. The second-order valence-electron chi connectivity index (χ2n) is 3.87. The predicted molar refractivity (Wildman–Crippen MR) is 73.9 cm³/mol. The van der Waals surface area contributed by atoms with Crippen molar-refractivity contribution >= 4 is 12.2 Å². The smallest absolute Gasteiger partial charge is 0.239 e. The Kier molecular flexibility index (Phi) is 12.6. The molecule has 1 fully saturated rings. The van der Waals surface area contributed by atoms with Crippen LogP contribution in [0.15, 0.2) is 0 Å². The van der Waals surface area contributed by atoms with Gasteiger partial charge in [-0.05, 0) is 19.8 Å². The first-order valence-electron chi connectivity index (χ1n) is 6.59. The molecule has 0 spiro atoms. The summed E-state index contributed by atoms with van der Waals surface area (Å²) in [6, 6.07) is -0.728. The van der Waals surface area contributed by atoms with Gasteiger partial charge in [0.2, 0.25) is 5.91 Å². The molecule has 0 aromatic rings. The third-order valence-electron chi connectivity index (χ3n) is 2.13. The molecular formula is C13H30N2O2. The Bertz CT molecular complexity index is 211. The van der Waals surface area contributed by atoms with Crippen molar-refractivity contribution in [1.29, 1.82) is 0 Å². The number of nitrogens with zero attached hydrogens (tertiary/aromatic N) is 1. The van der Waals surface area contributed by atoms with Gasteiger partial charge in [-0.2, -0.15) is 0 Å². The van der Waals surface area contributed by atoms with Gasteiger partial charge >= 0.3 is 0 Å². The highest BCUT2D eigenvalue weighted by Gasteiger charge is 2.29. The van der Waals surface area contributed by atoms with Gasteiger partial charge in [-0.15, -0.1) is 0 Å². The molecule has 1 rings (SSSR count). The Morgan fingerprint density at radius 1 is 1.53 bits per heavy atom. The fourth-order valence-electron chi connectivity index (χ4n) is 1.47. The topological polar surface area (TPSA) is 63.4 Å². The van der Waals surface area contributed by atoms with E-state index < -0.39 is 6.04 Å². The van der Waals surface area contributed by atoms with Gasteiger partial charge in [0.1, 0.15) is 6.29 Å². The van der Waals surface area contributed by atoms with E-state index in [0.717, 1.165) is 19.1 Å². The number of hydrogen-bond acceptors (Lipinski definition) is 3. The maximum atomic E-state index is 11.4. The summed E-state index contributed by atoms with van der Waals surface area (Å²) >= 11 is 0. The molecule has 2 N–H and O–H groups in total. The minimum atomic E-state index is -0.495.